The minimum atomic E-state index is -0.657. The molecule has 0 atom stereocenters. The zero-order valence-corrected chi connectivity index (χ0v) is 14.3. The molecule has 0 aliphatic rings. The van der Waals surface area contributed by atoms with Crippen LogP contribution in [0.25, 0.3) is 11.1 Å². The number of pyridine rings is 1. The minimum Gasteiger partial charge on any atom is -0.390 e. The van der Waals surface area contributed by atoms with Crippen molar-refractivity contribution in [1.82, 2.24) is 4.98 Å². The summed E-state index contributed by atoms with van der Waals surface area (Å²) < 4.78 is 4.76. The Hall–Kier alpha value is -3.47. The molecule has 2 aromatic carbocycles. The van der Waals surface area contributed by atoms with Gasteiger partial charge in [0.2, 0.25) is 0 Å². The van der Waals surface area contributed by atoms with Crippen molar-refractivity contribution in [1.29, 1.82) is 0 Å². The zero-order chi connectivity index (χ0) is 18.4. The van der Waals surface area contributed by atoms with E-state index in [0.717, 1.165) is 16.8 Å². The number of carbonyl (C=O) groups is 2. The lowest BCUT2D eigenvalue weighted by Gasteiger charge is -2.12. The van der Waals surface area contributed by atoms with Crippen LogP contribution < -0.4 is 5.32 Å². The van der Waals surface area contributed by atoms with Gasteiger partial charge in [0.15, 0.2) is 0 Å². The second-order valence-corrected chi connectivity index (χ2v) is 5.72. The van der Waals surface area contributed by atoms with Crippen molar-refractivity contribution in [3.63, 3.8) is 0 Å². The Labute approximate surface area is 151 Å². The third-order valence-corrected chi connectivity index (χ3v) is 3.78. The van der Waals surface area contributed by atoms with Crippen LogP contribution in [0.4, 0.5) is 5.69 Å². The van der Waals surface area contributed by atoms with Gasteiger partial charge in [-0.2, -0.15) is 0 Å². The molecule has 0 unspecified atom stereocenters. The summed E-state index contributed by atoms with van der Waals surface area (Å²) in [5.41, 5.74) is 3.82. The Bertz CT molecular complexity index is 909. The SMILES string of the molecule is CC(=O)OC(=O)c1ccc(NCc2cccnc2)cc1-c1ccccc1. The number of rotatable bonds is 5. The highest BCUT2D eigenvalue weighted by molar-refractivity contribution is 6.02. The predicted octanol–water partition coefficient (Wildman–Crippen LogP) is 4.06. The summed E-state index contributed by atoms with van der Waals surface area (Å²) in [7, 11) is 0. The standard InChI is InChI=1S/C21H18N2O3/c1-15(24)26-21(25)19-10-9-18(23-14-16-6-5-11-22-13-16)12-20(19)17-7-3-2-4-8-17/h2-13,23H,14H2,1H3. The van der Waals surface area contributed by atoms with Gasteiger partial charge in [-0.1, -0.05) is 36.4 Å². The fourth-order valence-corrected chi connectivity index (χ4v) is 2.58. The van der Waals surface area contributed by atoms with E-state index < -0.39 is 11.9 Å². The Balaban J connectivity index is 1.91. The predicted molar refractivity (Wildman–Crippen MR) is 99.5 cm³/mol. The third-order valence-electron chi connectivity index (χ3n) is 3.78. The van der Waals surface area contributed by atoms with Crippen LogP contribution in [0.5, 0.6) is 0 Å². The van der Waals surface area contributed by atoms with Gasteiger partial charge in [-0.05, 0) is 41.0 Å². The second-order valence-electron chi connectivity index (χ2n) is 5.72. The van der Waals surface area contributed by atoms with Gasteiger partial charge in [0.05, 0.1) is 5.56 Å². The topological polar surface area (TPSA) is 68.3 Å². The summed E-state index contributed by atoms with van der Waals surface area (Å²) in [6.45, 7) is 1.82. The zero-order valence-electron chi connectivity index (χ0n) is 14.3. The molecule has 3 rings (SSSR count). The molecule has 0 saturated heterocycles. The van der Waals surface area contributed by atoms with E-state index >= 15 is 0 Å². The highest BCUT2D eigenvalue weighted by atomic mass is 16.6. The molecule has 0 saturated carbocycles. The van der Waals surface area contributed by atoms with Crippen LogP contribution >= 0.6 is 0 Å². The van der Waals surface area contributed by atoms with Crippen molar-refractivity contribution in [2.45, 2.75) is 13.5 Å². The first-order chi connectivity index (χ1) is 12.6. The maximum absolute atomic E-state index is 12.3. The van der Waals surface area contributed by atoms with Crippen LogP contribution in [0, 0.1) is 0 Å². The number of nitrogens with zero attached hydrogens (tertiary/aromatic N) is 1. The molecule has 0 radical (unpaired) electrons. The molecule has 1 heterocycles. The molecule has 26 heavy (non-hydrogen) atoms. The van der Waals surface area contributed by atoms with E-state index in [1.54, 1.807) is 24.5 Å². The monoisotopic (exact) mass is 346 g/mol. The van der Waals surface area contributed by atoms with Crippen molar-refractivity contribution in [2.24, 2.45) is 0 Å². The van der Waals surface area contributed by atoms with E-state index in [1.807, 2.05) is 48.5 Å². The number of anilines is 1. The van der Waals surface area contributed by atoms with Gasteiger partial charge >= 0.3 is 11.9 Å². The van der Waals surface area contributed by atoms with Gasteiger partial charge in [0, 0.05) is 31.5 Å². The molecule has 5 nitrogen and oxygen atoms in total. The van der Waals surface area contributed by atoms with Crippen molar-refractivity contribution in [3.05, 3.63) is 84.2 Å². The van der Waals surface area contributed by atoms with E-state index in [1.165, 1.54) is 6.92 Å². The van der Waals surface area contributed by atoms with Gasteiger partial charge in [-0.25, -0.2) is 4.79 Å². The number of esters is 2. The molecule has 0 amide bonds. The van der Waals surface area contributed by atoms with Gasteiger partial charge in [-0.3, -0.25) is 9.78 Å². The summed E-state index contributed by atoms with van der Waals surface area (Å²) in [6, 6.07) is 18.7. The van der Waals surface area contributed by atoms with Crippen LogP contribution in [-0.2, 0) is 16.1 Å². The molecule has 1 aromatic heterocycles. The lowest BCUT2D eigenvalue weighted by atomic mass is 9.99. The van der Waals surface area contributed by atoms with Gasteiger partial charge in [-0.15, -0.1) is 0 Å². The number of hydrogen-bond donors (Lipinski definition) is 1. The number of benzene rings is 2. The van der Waals surface area contributed by atoms with Crippen LogP contribution in [0.1, 0.15) is 22.8 Å². The molecular formula is C21H18N2O3. The molecule has 130 valence electrons. The highest BCUT2D eigenvalue weighted by Gasteiger charge is 2.16. The second kappa shape index (κ2) is 8.07. The first-order valence-electron chi connectivity index (χ1n) is 8.18. The number of hydrogen-bond acceptors (Lipinski definition) is 5. The summed E-state index contributed by atoms with van der Waals surface area (Å²) in [6.07, 6.45) is 3.52. The van der Waals surface area contributed by atoms with Crippen LogP contribution in [-0.4, -0.2) is 16.9 Å². The van der Waals surface area contributed by atoms with Crippen molar-refractivity contribution < 1.29 is 14.3 Å². The molecule has 0 aliphatic heterocycles. The van der Waals surface area contributed by atoms with E-state index in [0.29, 0.717) is 17.7 Å². The molecule has 0 aliphatic carbocycles. The van der Waals surface area contributed by atoms with Gasteiger partial charge < -0.3 is 10.1 Å². The van der Waals surface area contributed by atoms with Crippen LogP contribution in [0.2, 0.25) is 0 Å². The maximum atomic E-state index is 12.3. The fraction of sp³-hybridized carbons (Fsp3) is 0.0952. The Kier molecular flexibility index (Phi) is 5.39. The van der Waals surface area contributed by atoms with Crippen LogP contribution in [0.3, 0.4) is 0 Å². The van der Waals surface area contributed by atoms with E-state index in [9.17, 15) is 9.59 Å². The first kappa shape index (κ1) is 17.4. The Morgan fingerprint density at radius 3 is 2.54 bits per heavy atom. The lowest BCUT2D eigenvalue weighted by molar-refractivity contribution is -0.135. The maximum Gasteiger partial charge on any atom is 0.346 e. The van der Waals surface area contributed by atoms with Gasteiger partial charge in [0.1, 0.15) is 0 Å². The molecule has 1 N–H and O–H groups in total. The number of ether oxygens (including phenoxy) is 1. The largest absolute Gasteiger partial charge is 0.390 e. The third kappa shape index (κ3) is 4.33. The number of carbonyl (C=O) groups excluding carboxylic acids is 2. The summed E-state index contributed by atoms with van der Waals surface area (Å²) in [5, 5.41) is 3.32. The summed E-state index contributed by atoms with van der Waals surface area (Å²) >= 11 is 0. The summed E-state index contributed by atoms with van der Waals surface area (Å²) in [5.74, 6) is -1.29. The average molecular weight is 346 g/mol. The van der Waals surface area contributed by atoms with E-state index in [2.05, 4.69) is 10.3 Å². The molecular weight excluding hydrogens is 328 g/mol. The normalized spacial score (nSPS) is 10.2. The van der Waals surface area contributed by atoms with Crippen molar-refractivity contribution >= 4 is 17.6 Å². The fourth-order valence-electron chi connectivity index (χ4n) is 2.58. The van der Waals surface area contributed by atoms with Crippen LogP contribution in [0.15, 0.2) is 73.1 Å². The van der Waals surface area contributed by atoms with E-state index in [4.69, 9.17) is 4.74 Å². The first-order valence-corrected chi connectivity index (χ1v) is 8.18. The molecule has 0 fully saturated rings. The lowest BCUT2D eigenvalue weighted by Crippen LogP contribution is -2.11. The molecule has 3 aromatic rings. The average Bonchev–Trinajstić information content (AvgIpc) is 2.67. The Morgan fingerprint density at radius 2 is 1.85 bits per heavy atom. The smallest absolute Gasteiger partial charge is 0.346 e. The summed E-state index contributed by atoms with van der Waals surface area (Å²) in [4.78, 5) is 27.5. The minimum absolute atomic E-state index is 0.346. The molecule has 0 bridgehead atoms. The van der Waals surface area contributed by atoms with Gasteiger partial charge in [0.25, 0.3) is 0 Å². The highest BCUT2D eigenvalue weighted by Crippen LogP contribution is 2.28. The number of aromatic nitrogens is 1. The quantitative estimate of drug-likeness (QED) is 0.557. The van der Waals surface area contributed by atoms with Crippen molar-refractivity contribution in [3.8, 4) is 11.1 Å². The van der Waals surface area contributed by atoms with Crippen molar-refractivity contribution in [2.75, 3.05) is 5.32 Å². The molecule has 5 heteroatoms. The molecule has 0 spiro atoms. The van der Waals surface area contributed by atoms with E-state index in [-0.39, 0.29) is 0 Å². The number of nitrogens with one attached hydrogen (secondary N) is 1. The Morgan fingerprint density at radius 1 is 1.04 bits per heavy atom.